The zero-order chi connectivity index (χ0) is 13.0. The van der Waals surface area contributed by atoms with Crippen molar-refractivity contribution in [3.05, 3.63) is 52.7 Å². The van der Waals surface area contributed by atoms with Gasteiger partial charge < -0.3 is 5.32 Å². The number of nitrogens with zero attached hydrogens (tertiary/aromatic N) is 3. The molecule has 0 fully saturated rings. The summed E-state index contributed by atoms with van der Waals surface area (Å²) in [6.45, 7) is 0. The van der Waals surface area contributed by atoms with E-state index >= 15 is 0 Å². The largest absolute Gasteiger partial charge is 0.339 e. The maximum Gasteiger partial charge on any atom is 0.150 e. The van der Waals surface area contributed by atoms with Crippen LogP contribution in [0.1, 0.15) is 11.1 Å². The summed E-state index contributed by atoms with van der Waals surface area (Å²) < 4.78 is 0. The van der Waals surface area contributed by atoms with Gasteiger partial charge in [0.25, 0.3) is 0 Å². The van der Waals surface area contributed by atoms with E-state index in [0.717, 1.165) is 0 Å². The monoisotopic (exact) mass is 254 g/mol. The van der Waals surface area contributed by atoms with Crippen LogP contribution in [0.15, 0.2) is 36.5 Å². The highest BCUT2D eigenvalue weighted by molar-refractivity contribution is 6.34. The van der Waals surface area contributed by atoms with Crippen LogP contribution in [-0.2, 0) is 0 Å². The van der Waals surface area contributed by atoms with E-state index in [2.05, 4.69) is 10.3 Å². The van der Waals surface area contributed by atoms with Crippen molar-refractivity contribution in [2.24, 2.45) is 0 Å². The number of halogens is 1. The molecular weight excluding hydrogens is 248 g/mol. The fourth-order valence-electron chi connectivity index (χ4n) is 1.42. The maximum absolute atomic E-state index is 8.86. The van der Waals surface area contributed by atoms with E-state index in [0.29, 0.717) is 22.6 Å². The van der Waals surface area contributed by atoms with E-state index in [9.17, 15) is 0 Å². The van der Waals surface area contributed by atoms with E-state index in [1.54, 1.807) is 30.3 Å². The predicted octanol–water partition coefficient (Wildman–Crippen LogP) is 3.22. The SMILES string of the molecule is N#Cc1cccc(Nc2nccc(C#N)c2Cl)c1. The van der Waals surface area contributed by atoms with Crippen LogP contribution in [0, 0.1) is 22.7 Å². The number of benzene rings is 1. The molecule has 0 radical (unpaired) electrons. The van der Waals surface area contributed by atoms with Crippen LogP contribution in [0.3, 0.4) is 0 Å². The molecule has 0 aliphatic rings. The summed E-state index contributed by atoms with van der Waals surface area (Å²) in [5, 5.41) is 20.9. The van der Waals surface area contributed by atoms with Gasteiger partial charge in [-0.1, -0.05) is 17.7 Å². The van der Waals surface area contributed by atoms with Crippen molar-refractivity contribution in [1.29, 1.82) is 10.5 Å². The molecule has 2 aromatic rings. The highest BCUT2D eigenvalue weighted by Crippen LogP contribution is 2.26. The molecule has 5 heteroatoms. The van der Waals surface area contributed by atoms with Crippen LogP contribution >= 0.6 is 11.6 Å². The van der Waals surface area contributed by atoms with Gasteiger partial charge in [-0.2, -0.15) is 10.5 Å². The Morgan fingerprint density at radius 3 is 2.72 bits per heavy atom. The second-order valence-corrected chi connectivity index (χ2v) is 3.83. The zero-order valence-electron chi connectivity index (χ0n) is 9.18. The summed E-state index contributed by atoms with van der Waals surface area (Å²) in [4.78, 5) is 4.06. The number of rotatable bonds is 2. The molecule has 1 heterocycles. The van der Waals surface area contributed by atoms with E-state index in [4.69, 9.17) is 22.1 Å². The standard InChI is InChI=1S/C13H7ClN4/c14-12-10(8-16)4-5-17-13(12)18-11-3-1-2-9(6-11)7-15/h1-6H,(H,17,18). The Bertz CT molecular complexity index is 667. The van der Waals surface area contributed by atoms with Crippen molar-refractivity contribution in [1.82, 2.24) is 4.98 Å². The number of nitriles is 2. The van der Waals surface area contributed by atoms with Gasteiger partial charge in [-0.05, 0) is 24.3 Å². The van der Waals surface area contributed by atoms with Crippen LogP contribution in [0.5, 0.6) is 0 Å². The van der Waals surface area contributed by atoms with Crippen LogP contribution in [0.4, 0.5) is 11.5 Å². The number of nitrogens with one attached hydrogen (secondary N) is 1. The molecule has 0 amide bonds. The second kappa shape index (κ2) is 5.18. The molecule has 1 aromatic carbocycles. The molecule has 4 nitrogen and oxygen atoms in total. The summed E-state index contributed by atoms with van der Waals surface area (Å²) in [5.74, 6) is 0.394. The zero-order valence-corrected chi connectivity index (χ0v) is 9.94. The second-order valence-electron chi connectivity index (χ2n) is 3.45. The summed E-state index contributed by atoms with van der Waals surface area (Å²) in [6, 6.07) is 12.5. The highest BCUT2D eigenvalue weighted by Gasteiger charge is 2.07. The first kappa shape index (κ1) is 11.9. The Hall–Kier alpha value is -2.56. The normalized spacial score (nSPS) is 9.28. The molecular formula is C13H7ClN4. The number of pyridine rings is 1. The molecule has 0 aliphatic heterocycles. The Labute approximate surface area is 109 Å². The average Bonchev–Trinajstić information content (AvgIpc) is 2.41. The first-order chi connectivity index (χ1) is 8.74. The van der Waals surface area contributed by atoms with E-state index < -0.39 is 0 Å². The van der Waals surface area contributed by atoms with Crippen molar-refractivity contribution >= 4 is 23.1 Å². The van der Waals surface area contributed by atoms with E-state index in [-0.39, 0.29) is 5.02 Å². The Kier molecular flexibility index (Phi) is 3.43. The molecule has 0 saturated heterocycles. The number of hydrogen-bond acceptors (Lipinski definition) is 4. The molecule has 0 spiro atoms. The van der Waals surface area contributed by atoms with Gasteiger partial charge in [-0.3, -0.25) is 0 Å². The highest BCUT2D eigenvalue weighted by atomic mass is 35.5. The number of aromatic nitrogens is 1. The van der Waals surface area contributed by atoms with Gasteiger partial charge in [-0.15, -0.1) is 0 Å². The van der Waals surface area contributed by atoms with Gasteiger partial charge in [0.1, 0.15) is 11.1 Å². The van der Waals surface area contributed by atoms with Crippen LogP contribution in [-0.4, -0.2) is 4.98 Å². The molecule has 1 N–H and O–H groups in total. The lowest BCUT2D eigenvalue weighted by Gasteiger charge is -2.07. The maximum atomic E-state index is 8.86. The van der Waals surface area contributed by atoms with Crippen molar-refractivity contribution in [2.75, 3.05) is 5.32 Å². The minimum absolute atomic E-state index is 0.266. The van der Waals surface area contributed by atoms with Crippen molar-refractivity contribution in [3.8, 4) is 12.1 Å². The number of hydrogen-bond donors (Lipinski definition) is 1. The van der Waals surface area contributed by atoms with Crippen LogP contribution < -0.4 is 5.32 Å². The molecule has 86 valence electrons. The fraction of sp³-hybridized carbons (Fsp3) is 0. The minimum Gasteiger partial charge on any atom is -0.339 e. The smallest absolute Gasteiger partial charge is 0.150 e. The van der Waals surface area contributed by atoms with Crippen molar-refractivity contribution in [2.45, 2.75) is 0 Å². The summed E-state index contributed by atoms with van der Waals surface area (Å²) in [7, 11) is 0. The quantitative estimate of drug-likeness (QED) is 0.893. The lowest BCUT2D eigenvalue weighted by Crippen LogP contribution is -1.96. The first-order valence-corrected chi connectivity index (χ1v) is 5.44. The van der Waals surface area contributed by atoms with Gasteiger partial charge in [0.2, 0.25) is 0 Å². The molecule has 0 aliphatic carbocycles. The summed E-state index contributed by atoms with van der Waals surface area (Å²) >= 11 is 6.02. The molecule has 1 aromatic heterocycles. The van der Waals surface area contributed by atoms with Gasteiger partial charge in [-0.25, -0.2) is 4.98 Å². The van der Waals surface area contributed by atoms with Crippen LogP contribution in [0.25, 0.3) is 0 Å². The molecule has 0 unspecified atom stereocenters. The number of anilines is 2. The lowest BCUT2D eigenvalue weighted by molar-refractivity contribution is 1.29. The summed E-state index contributed by atoms with van der Waals surface area (Å²) in [5.41, 5.74) is 1.58. The molecule has 2 rings (SSSR count). The Morgan fingerprint density at radius 1 is 1.17 bits per heavy atom. The third-order valence-electron chi connectivity index (χ3n) is 2.26. The first-order valence-electron chi connectivity index (χ1n) is 5.06. The molecule has 0 atom stereocenters. The van der Waals surface area contributed by atoms with Gasteiger partial charge >= 0.3 is 0 Å². The summed E-state index contributed by atoms with van der Waals surface area (Å²) in [6.07, 6.45) is 1.50. The Balaban J connectivity index is 2.35. The molecule has 0 bridgehead atoms. The van der Waals surface area contributed by atoms with Gasteiger partial charge in [0.15, 0.2) is 5.82 Å². The Morgan fingerprint density at radius 2 is 2.00 bits per heavy atom. The topological polar surface area (TPSA) is 72.5 Å². The van der Waals surface area contributed by atoms with Crippen molar-refractivity contribution in [3.63, 3.8) is 0 Å². The predicted molar refractivity (Wildman–Crippen MR) is 68.4 cm³/mol. The van der Waals surface area contributed by atoms with Gasteiger partial charge in [0, 0.05) is 11.9 Å². The third kappa shape index (κ3) is 2.40. The fourth-order valence-corrected chi connectivity index (χ4v) is 1.62. The van der Waals surface area contributed by atoms with E-state index in [1.165, 1.54) is 6.20 Å². The van der Waals surface area contributed by atoms with Crippen molar-refractivity contribution < 1.29 is 0 Å². The van der Waals surface area contributed by atoms with Crippen LogP contribution in [0.2, 0.25) is 5.02 Å². The third-order valence-corrected chi connectivity index (χ3v) is 2.65. The molecule has 18 heavy (non-hydrogen) atoms. The average molecular weight is 255 g/mol. The molecule has 0 saturated carbocycles. The lowest BCUT2D eigenvalue weighted by atomic mass is 10.2. The minimum atomic E-state index is 0.266. The van der Waals surface area contributed by atoms with E-state index in [1.807, 2.05) is 12.1 Å². The van der Waals surface area contributed by atoms with Gasteiger partial charge in [0.05, 0.1) is 17.2 Å².